The van der Waals surface area contributed by atoms with Gasteiger partial charge in [0.05, 0.1) is 23.3 Å². The van der Waals surface area contributed by atoms with Crippen LogP contribution in [0.2, 0.25) is 0 Å². The van der Waals surface area contributed by atoms with Crippen molar-refractivity contribution < 1.29 is 13.9 Å². The van der Waals surface area contributed by atoms with Crippen LogP contribution in [0.25, 0.3) is 0 Å². The molecular formula is C34H30BrFN2O2. The number of fused-ring (bicyclic) bond motifs is 3. The summed E-state index contributed by atoms with van der Waals surface area (Å²) in [6, 6.07) is 25.6. The number of allylic oxidation sites excluding steroid dienone is 2. The third-order valence-electron chi connectivity index (χ3n) is 7.68. The van der Waals surface area contributed by atoms with Crippen molar-refractivity contribution in [2.24, 2.45) is 10.9 Å². The van der Waals surface area contributed by atoms with E-state index in [-0.39, 0.29) is 11.9 Å². The smallest absolute Gasteiger partial charge is 0.175 e. The highest BCUT2D eigenvalue weighted by Crippen LogP contribution is 2.50. The number of halogens is 2. The van der Waals surface area contributed by atoms with Crippen LogP contribution >= 0.6 is 15.9 Å². The number of nitrogens with zero attached hydrogens (tertiary/aromatic N) is 1. The molecule has 4 aromatic rings. The van der Waals surface area contributed by atoms with Crippen LogP contribution < -0.4 is 14.8 Å². The Kier molecular flexibility index (Phi) is 7.44. The molecule has 0 spiro atoms. The summed E-state index contributed by atoms with van der Waals surface area (Å²) < 4.78 is 25.5. The van der Waals surface area contributed by atoms with Gasteiger partial charge in [0.1, 0.15) is 12.4 Å². The number of anilines is 1. The van der Waals surface area contributed by atoms with Gasteiger partial charge < -0.3 is 14.8 Å². The maximum absolute atomic E-state index is 13.2. The first-order chi connectivity index (χ1) is 19.5. The second-order valence-corrected chi connectivity index (χ2v) is 11.2. The Morgan fingerprint density at radius 3 is 2.60 bits per heavy atom. The van der Waals surface area contributed by atoms with E-state index in [1.54, 1.807) is 19.2 Å². The molecule has 0 amide bonds. The lowest BCUT2D eigenvalue weighted by Gasteiger charge is -2.37. The summed E-state index contributed by atoms with van der Waals surface area (Å²) in [4.78, 5) is 4.71. The van der Waals surface area contributed by atoms with Crippen LogP contribution in [0, 0.1) is 18.7 Å². The number of benzene rings is 4. The Balaban J connectivity index is 1.16. The largest absolute Gasteiger partial charge is 0.493 e. The molecule has 3 atom stereocenters. The van der Waals surface area contributed by atoms with Gasteiger partial charge in [-0.15, -0.1) is 0 Å². The van der Waals surface area contributed by atoms with Crippen LogP contribution in [-0.2, 0) is 6.61 Å². The minimum atomic E-state index is -0.271. The van der Waals surface area contributed by atoms with Gasteiger partial charge in [0, 0.05) is 17.8 Å². The van der Waals surface area contributed by atoms with Gasteiger partial charge in [0.2, 0.25) is 0 Å². The molecule has 1 heterocycles. The van der Waals surface area contributed by atoms with Gasteiger partial charge in [-0.25, -0.2) is 4.39 Å². The standard InChI is InChI=1S/C34H30BrFN2O2/c1-21-6-15-31-29(16-21)27-4-3-5-28(27)33(38-31)24-9-13-26(14-10-24)37-19-23-17-30(35)34(32(18-23)39-2)40-20-22-7-11-25(36)12-8-22/h3-4,6-19,27-28,33,38H,5,20H2,1-2H3/t27-,28+,33+/m1/s1. The summed E-state index contributed by atoms with van der Waals surface area (Å²) in [6.45, 7) is 2.46. The minimum absolute atomic E-state index is 0.260. The van der Waals surface area contributed by atoms with Gasteiger partial charge in [0.15, 0.2) is 11.5 Å². The molecule has 0 unspecified atom stereocenters. The quantitative estimate of drug-likeness (QED) is 0.171. The van der Waals surface area contributed by atoms with Crippen molar-refractivity contribution in [3.05, 3.63) is 129 Å². The highest BCUT2D eigenvalue weighted by molar-refractivity contribution is 9.10. The fourth-order valence-electron chi connectivity index (χ4n) is 5.65. The zero-order chi connectivity index (χ0) is 27.6. The number of hydrogen-bond donors (Lipinski definition) is 1. The topological polar surface area (TPSA) is 42.8 Å². The van der Waals surface area contributed by atoms with Crippen molar-refractivity contribution in [3.8, 4) is 11.5 Å². The monoisotopic (exact) mass is 596 g/mol. The van der Waals surface area contributed by atoms with Crippen molar-refractivity contribution in [1.29, 1.82) is 0 Å². The Morgan fingerprint density at radius 2 is 1.82 bits per heavy atom. The van der Waals surface area contributed by atoms with Crippen molar-refractivity contribution in [2.75, 3.05) is 12.4 Å². The average molecular weight is 598 g/mol. The third kappa shape index (κ3) is 5.41. The molecule has 6 rings (SSSR count). The molecule has 0 saturated heterocycles. The molecule has 4 aromatic carbocycles. The van der Waals surface area contributed by atoms with Crippen molar-refractivity contribution in [2.45, 2.75) is 31.9 Å². The van der Waals surface area contributed by atoms with E-state index >= 15 is 0 Å². The maximum Gasteiger partial charge on any atom is 0.175 e. The van der Waals surface area contributed by atoms with E-state index in [0.717, 1.165) is 27.7 Å². The van der Waals surface area contributed by atoms with Gasteiger partial charge in [-0.3, -0.25) is 4.99 Å². The minimum Gasteiger partial charge on any atom is -0.493 e. The molecule has 0 saturated carbocycles. The number of ether oxygens (including phenoxy) is 2. The van der Waals surface area contributed by atoms with E-state index < -0.39 is 0 Å². The number of hydrogen-bond acceptors (Lipinski definition) is 4. The normalized spacial score (nSPS) is 19.2. The van der Waals surface area contributed by atoms with Gasteiger partial charge in [-0.1, -0.05) is 54.1 Å². The van der Waals surface area contributed by atoms with E-state index in [1.807, 2.05) is 18.3 Å². The second kappa shape index (κ2) is 11.3. The number of aliphatic imine (C=N–C) groups is 1. The Hall–Kier alpha value is -3.90. The molecular weight excluding hydrogens is 567 g/mol. The fourth-order valence-corrected chi connectivity index (χ4v) is 6.23. The Morgan fingerprint density at radius 1 is 1.02 bits per heavy atom. The molecule has 0 aromatic heterocycles. The lowest BCUT2D eigenvalue weighted by molar-refractivity contribution is 0.282. The molecule has 4 nitrogen and oxygen atoms in total. The second-order valence-electron chi connectivity index (χ2n) is 10.4. The molecule has 6 heteroatoms. The molecule has 1 aliphatic carbocycles. The Labute approximate surface area is 242 Å². The van der Waals surface area contributed by atoms with E-state index in [9.17, 15) is 4.39 Å². The van der Waals surface area contributed by atoms with Crippen LogP contribution in [-0.4, -0.2) is 13.3 Å². The summed E-state index contributed by atoms with van der Waals surface area (Å²) in [5.74, 6) is 1.87. The lowest BCUT2D eigenvalue weighted by Crippen LogP contribution is -2.29. The summed E-state index contributed by atoms with van der Waals surface area (Å²) >= 11 is 3.60. The first-order valence-electron chi connectivity index (χ1n) is 13.4. The Bertz CT molecular complexity index is 1580. The maximum atomic E-state index is 13.2. The highest BCUT2D eigenvalue weighted by Gasteiger charge is 2.37. The van der Waals surface area contributed by atoms with Crippen molar-refractivity contribution in [3.63, 3.8) is 0 Å². The van der Waals surface area contributed by atoms with E-state index in [2.05, 4.69) is 82.8 Å². The fraction of sp³-hybridized carbons (Fsp3) is 0.206. The van der Waals surface area contributed by atoms with Gasteiger partial charge in [-0.2, -0.15) is 0 Å². The predicted molar refractivity (Wildman–Crippen MR) is 163 cm³/mol. The lowest BCUT2D eigenvalue weighted by atomic mass is 9.76. The van der Waals surface area contributed by atoms with Gasteiger partial charge in [0.25, 0.3) is 0 Å². The zero-order valence-electron chi connectivity index (χ0n) is 22.4. The number of rotatable bonds is 7. The summed E-state index contributed by atoms with van der Waals surface area (Å²) in [6.07, 6.45) is 7.60. The zero-order valence-corrected chi connectivity index (χ0v) is 24.0. The summed E-state index contributed by atoms with van der Waals surface area (Å²) in [7, 11) is 1.61. The van der Waals surface area contributed by atoms with Crippen LogP contribution in [0.3, 0.4) is 0 Å². The van der Waals surface area contributed by atoms with Crippen LogP contribution in [0.5, 0.6) is 11.5 Å². The van der Waals surface area contributed by atoms with E-state index in [4.69, 9.17) is 14.5 Å². The van der Waals surface area contributed by atoms with Gasteiger partial charge in [-0.05, 0) is 99.9 Å². The summed E-state index contributed by atoms with van der Waals surface area (Å²) in [5, 5.41) is 3.81. The average Bonchev–Trinajstić information content (AvgIpc) is 3.47. The van der Waals surface area contributed by atoms with E-state index in [0.29, 0.717) is 29.9 Å². The summed E-state index contributed by atoms with van der Waals surface area (Å²) in [5.41, 5.74) is 7.84. The molecule has 0 radical (unpaired) electrons. The SMILES string of the molecule is COc1cc(C=Nc2ccc([C@@H]3Nc4ccc(C)cc4[C@@H]4C=CC[C@@H]43)cc2)cc(Br)c1OCc1ccc(F)cc1. The molecule has 1 aliphatic heterocycles. The first kappa shape index (κ1) is 26.3. The molecule has 202 valence electrons. The van der Waals surface area contributed by atoms with Crippen LogP contribution in [0.4, 0.5) is 15.8 Å². The van der Waals surface area contributed by atoms with Crippen LogP contribution in [0.15, 0.2) is 100 Å². The number of nitrogens with one attached hydrogen (secondary N) is 1. The number of methoxy groups -OCH3 is 1. The first-order valence-corrected chi connectivity index (χ1v) is 14.2. The van der Waals surface area contributed by atoms with Crippen LogP contribution in [0.1, 0.15) is 46.2 Å². The molecule has 40 heavy (non-hydrogen) atoms. The molecule has 1 N–H and O–H groups in total. The highest BCUT2D eigenvalue weighted by atomic mass is 79.9. The number of aryl methyl sites for hydroxylation is 1. The van der Waals surface area contributed by atoms with Crippen molar-refractivity contribution >= 4 is 33.5 Å². The van der Waals surface area contributed by atoms with E-state index in [1.165, 1.54) is 34.5 Å². The molecule has 0 fully saturated rings. The predicted octanol–water partition coefficient (Wildman–Crippen LogP) is 9.06. The van der Waals surface area contributed by atoms with Gasteiger partial charge >= 0.3 is 0 Å². The molecule has 2 aliphatic rings. The van der Waals surface area contributed by atoms with Crippen molar-refractivity contribution in [1.82, 2.24) is 0 Å². The third-order valence-corrected chi connectivity index (χ3v) is 8.27. The molecule has 0 bridgehead atoms.